The van der Waals surface area contributed by atoms with Gasteiger partial charge in [0.1, 0.15) is 6.29 Å². The maximum atomic E-state index is 10.6. The van der Waals surface area contributed by atoms with Crippen molar-refractivity contribution >= 4 is 18.0 Å². The van der Waals surface area contributed by atoms with Crippen molar-refractivity contribution in [3.8, 4) is 0 Å². The fourth-order valence-electron chi connectivity index (χ4n) is 1.41. The van der Waals surface area contributed by atoms with Gasteiger partial charge >= 0.3 is 0 Å². The molecule has 0 spiro atoms. The highest BCUT2D eigenvalue weighted by Gasteiger charge is 2.07. The van der Waals surface area contributed by atoms with Crippen molar-refractivity contribution in [1.82, 2.24) is 5.32 Å². The number of carbonyl (C=O) groups is 1. The number of hydrogen-bond acceptors (Lipinski definition) is 3. The summed E-state index contributed by atoms with van der Waals surface area (Å²) in [6.45, 7) is 1.92. The molecule has 0 aromatic heterocycles. The molecule has 1 aromatic rings. The summed E-state index contributed by atoms with van der Waals surface area (Å²) in [7, 11) is 0. The van der Waals surface area contributed by atoms with Crippen LogP contribution in [0.2, 0.25) is 0 Å². The first kappa shape index (κ1) is 8.78. The minimum absolute atomic E-state index is 0.767. The molecule has 0 fully saturated rings. The van der Waals surface area contributed by atoms with Gasteiger partial charge in [0, 0.05) is 29.3 Å². The Morgan fingerprint density at radius 1 is 1.46 bits per heavy atom. The Morgan fingerprint density at radius 2 is 2.38 bits per heavy atom. The zero-order valence-corrected chi connectivity index (χ0v) is 8.06. The molecule has 0 aliphatic carbocycles. The maximum Gasteiger partial charge on any atom is 0.150 e. The van der Waals surface area contributed by atoms with Crippen molar-refractivity contribution in [3.63, 3.8) is 0 Å². The lowest BCUT2D eigenvalue weighted by molar-refractivity contribution is 0.112. The van der Waals surface area contributed by atoms with E-state index in [0.29, 0.717) is 0 Å². The van der Waals surface area contributed by atoms with Crippen LogP contribution in [0.4, 0.5) is 0 Å². The van der Waals surface area contributed by atoms with Crippen LogP contribution in [0.25, 0.3) is 0 Å². The van der Waals surface area contributed by atoms with Crippen LogP contribution in [0.1, 0.15) is 15.9 Å². The van der Waals surface area contributed by atoms with Crippen LogP contribution < -0.4 is 5.32 Å². The lowest BCUT2D eigenvalue weighted by atomic mass is 10.1. The van der Waals surface area contributed by atoms with Crippen LogP contribution in [0.3, 0.4) is 0 Å². The number of fused-ring (bicyclic) bond motifs is 1. The van der Waals surface area contributed by atoms with Crippen LogP contribution in [0.5, 0.6) is 0 Å². The van der Waals surface area contributed by atoms with Gasteiger partial charge in [-0.15, -0.1) is 11.8 Å². The first-order chi connectivity index (χ1) is 6.40. The SMILES string of the molecule is O=Cc1ccc2c(c1)CNCCS2. The standard InChI is InChI=1S/C10H11NOS/c12-7-8-1-2-10-9(5-8)6-11-3-4-13-10/h1-2,5,7,11H,3-4,6H2. The van der Waals surface area contributed by atoms with Crippen molar-refractivity contribution in [1.29, 1.82) is 0 Å². The predicted octanol–water partition coefficient (Wildman–Crippen LogP) is 1.69. The zero-order valence-electron chi connectivity index (χ0n) is 7.25. The third-order valence-electron chi connectivity index (χ3n) is 2.07. The van der Waals surface area contributed by atoms with Gasteiger partial charge in [-0.05, 0) is 17.7 Å². The molecule has 0 radical (unpaired) electrons. The van der Waals surface area contributed by atoms with Gasteiger partial charge in [0.25, 0.3) is 0 Å². The molecular weight excluding hydrogens is 182 g/mol. The Bertz CT molecular complexity index is 325. The van der Waals surface area contributed by atoms with Crippen molar-refractivity contribution in [2.24, 2.45) is 0 Å². The Morgan fingerprint density at radius 3 is 3.23 bits per heavy atom. The molecule has 1 aromatic carbocycles. The highest BCUT2D eigenvalue weighted by Crippen LogP contribution is 2.24. The summed E-state index contributed by atoms with van der Waals surface area (Å²) < 4.78 is 0. The number of aldehydes is 1. The Balaban J connectivity index is 2.37. The molecule has 0 bridgehead atoms. The summed E-state index contributed by atoms with van der Waals surface area (Å²) in [5.74, 6) is 1.10. The molecule has 2 rings (SSSR count). The highest BCUT2D eigenvalue weighted by atomic mass is 32.2. The molecule has 0 saturated heterocycles. The second-order valence-electron chi connectivity index (χ2n) is 3.01. The summed E-state index contributed by atoms with van der Waals surface area (Å²) in [5, 5.41) is 3.32. The molecule has 1 N–H and O–H groups in total. The summed E-state index contributed by atoms with van der Waals surface area (Å²) in [4.78, 5) is 11.9. The molecule has 3 heteroatoms. The molecule has 1 aliphatic rings. The Hall–Kier alpha value is -0.800. The zero-order chi connectivity index (χ0) is 9.10. The van der Waals surface area contributed by atoms with E-state index in [1.54, 1.807) is 0 Å². The van der Waals surface area contributed by atoms with E-state index >= 15 is 0 Å². The molecule has 0 unspecified atom stereocenters. The van der Waals surface area contributed by atoms with Gasteiger partial charge < -0.3 is 5.32 Å². The van der Waals surface area contributed by atoms with E-state index in [-0.39, 0.29) is 0 Å². The second kappa shape index (κ2) is 3.94. The number of carbonyl (C=O) groups excluding carboxylic acids is 1. The van der Waals surface area contributed by atoms with E-state index in [0.717, 1.165) is 30.7 Å². The van der Waals surface area contributed by atoms with Gasteiger partial charge in [-0.3, -0.25) is 4.79 Å². The lowest BCUT2D eigenvalue weighted by Crippen LogP contribution is -2.13. The van der Waals surface area contributed by atoms with Gasteiger partial charge in [-0.1, -0.05) is 6.07 Å². The van der Waals surface area contributed by atoms with E-state index in [1.807, 2.05) is 30.0 Å². The molecule has 68 valence electrons. The molecular formula is C10H11NOS. The first-order valence-corrected chi connectivity index (χ1v) is 5.30. The molecule has 0 saturated carbocycles. The van der Waals surface area contributed by atoms with Crippen LogP contribution >= 0.6 is 11.8 Å². The van der Waals surface area contributed by atoms with Crippen molar-refractivity contribution in [2.45, 2.75) is 11.4 Å². The summed E-state index contributed by atoms with van der Waals surface area (Å²) in [5.41, 5.74) is 2.01. The molecule has 1 aliphatic heterocycles. The normalized spacial score (nSPS) is 16.0. The molecule has 0 atom stereocenters. The molecule has 1 heterocycles. The van der Waals surface area contributed by atoms with Gasteiger partial charge in [-0.2, -0.15) is 0 Å². The summed E-state index contributed by atoms with van der Waals surface area (Å²) >= 11 is 1.85. The minimum atomic E-state index is 0.767. The van der Waals surface area contributed by atoms with Gasteiger partial charge in [-0.25, -0.2) is 0 Å². The average molecular weight is 193 g/mol. The smallest absolute Gasteiger partial charge is 0.150 e. The van der Waals surface area contributed by atoms with Crippen LogP contribution in [0.15, 0.2) is 23.1 Å². The molecule has 13 heavy (non-hydrogen) atoms. The largest absolute Gasteiger partial charge is 0.312 e. The van der Waals surface area contributed by atoms with Crippen molar-refractivity contribution in [3.05, 3.63) is 29.3 Å². The number of hydrogen-bond donors (Lipinski definition) is 1. The van der Waals surface area contributed by atoms with Gasteiger partial charge in [0.15, 0.2) is 0 Å². The quantitative estimate of drug-likeness (QED) is 0.688. The molecule has 0 amide bonds. The van der Waals surface area contributed by atoms with Crippen LogP contribution in [-0.4, -0.2) is 18.6 Å². The third kappa shape index (κ3) is 1.92. The van der Waals surface area contributed by atoms with Gasteiger partial charge in [0.05, 0.1) is 0 Å². The third-order valence-corrected chi connectivity index (χ3v) is 3.19. The second-order valence-corrected chi connectivity index (χ2v) is 4.15. The van der Waals surface area contributed by atoms with Crippen LogP contribution in [0, 0.1) is 0 Å². The fraction of sp³-hybridized carbons (Fsp3) is 0.300. The number of rotatable bonds is 1. The number of benzene rings is 1. The van der Waals surface area contributed by atoms with Gasteiger partial charge in [0.2, 0.25) is 0 Å². The number of thioether (sulfide) groups is 1. The highest BCUT2D eigenvalue weighted by molar-refractivity contribution is 7.99. The minimum Gasteiger partial charge on any atom is -0.312 e. The Labute approximate surface area is 81.7 Å². The summed E-state index contributed by atoms with van der Waals surface area (Å²) in [6.07, 6.45) is 0.899. The van der Waals surface area contributed by atoms with E-state index in [4.69, 9.17) is 0 Å². The van der Waals surface area contributed by atoms with Crippen molar-refractivity contribution < 1.29 is 4.79 Å². The first-order valence-electron chi connectivity index (χ1n) is 4.32. The monoisotopic (exact) mass is 193 g/mol. The van der Waals surface area contributed by atoms with E-state index in [1.165, 1.54) is 10.5 Å². The van der Waals surface area contributed by atoms with Crippen LogP contribution in [-0.2, 0) is 6.54 Å². The predicted molar refractivity (Wildman–Crippen MR) is 54.3 cm³/mol. The topological polar surface area (TPSA) is 29.1 Å². The van der Waals surface area contributed by atoms with E-state index in [2.05, 4.69) is 5.32 Å². The van der Waals surface area contributed by atoms with E-state index in [9.17, 15) is 4.79 Å². The molecule has 2 nitrogen and oxygen atoms in total. The fourth-order valence-corrected chi connectivity index (χ4v) is 2.35. The van der Waals surface area contributed by atoms with Crippen molar-refractivity contribution in [2.75, 3.05) is 12.3 Å². The Kier molecular flexibility index (Phi) is 2.66. The number of nitrogens with one attached hydrogen (secondary N) is 1. The maximum absolute atomic E-state index is 10.6. The average Bonchev–Trinajstić information content (AvgIpc) is 2.41. The van der Waals surface area contributed by atoms with E-state index < -0.39 is 0 Å². The summed E-state index contributed by atoms with van der Waals surface area (Å²) in [6, 6.07) is 5.88. The lowest BCUT2D eigenvalue weighted by Gasteiger charge is -2.04.